The highest BCUT2D eigenvalue weighted by Crippen LogP contribution is 2.49. The lowest BCUT2D eigenvalue weighted by Crippen LogP contribution is -2.22. The van der Waals surface area contributed by atoms with Crippen molar-refractivity contribution >= 4 is 18.5 Å². The van der Waals surface area contributed by atoms with Gasteiger partial charge in [-0.1, -0.05) is 90.5 Å². The lowest BCUT2D eigenvalue weighted by Gasteiger charge is -2.26. The predicted molar refractivity (Wildman–Crippen MR) is 105 cm³/mol. The molecule has 0 radical (unpaired) electrons. The topological polar surface area (TPSA) is 43.1 Å². The van der Waals surface area contributed by atoms with Gasteiger partial charge < -0.3 is 0 Å². The van der Waals surface area contributed by atoms with Crippen molar-refractivity contribution in [2.45, 2.75) is 12.6 Å². The first-order chi connectivity index (χ1) is 12.1. The Balaban J connectivity index is 2.12. The molecule has 3 nitrogen and oxygen atoms in total. The number of nitrogens with zero attached hydrogens (tertiary/aromatic N) is 1. The molecule has 0 aliphatic rings. The van der Waals surface area contributed by atoms with E-state index in [2.05, 4.69) is 24.3 Å². The van der Waals surface area contributed by atoms with E-state index in [1.807, 2.05) is 67.6 Å². The van der Waals surface area contributed by atoms with Crippen LogP contribution in [0.2, 0.25) is 0 Å². The average molecular weight is 349 g/mol. The highest BCUT2D eigenvalue weighted by atomic mass is 31.1. The second kappa shape index (κ2) is 8.04. The monoisotopic (exact) mass is 349 g/mol. The Bertz CT molecular complexity index is 780. The molecule has 0 aliphatic heterocycles. The van der Waals surface area contributed by atoms with E-state index in [9.17, 15) is 10.1 Å². The largest absolute Gasteiger partial charge is 0.265 e. The van der Waals surface area contributed by atoms with Crippen LogP contribution in [-0.4, -0.2) is 11.5 Å². The second-order valence-electron chi connectivity index (χ2n) is 5.98. The van der Waals surface area contributed by atoms with Gasteiger partial charge in [-0.2, -0.15) is 0 Å². The average Bonchev–Trinajstić information content (AvgIpc) is 2.63. The number of aryl methyl sites for hydroxylation is 1. The van der Waals surface area contributed by atoms with Crippen molar-refractivity contribution in [1.82, 2.24) is 0 Å². The van der Waals surface area contributed by atoms with Gasteiger partial charge in [0.2, 0.25) is 6.54 Å². The lowest BCUT2D eigenvalue weighted by atomic mass is 10.1. The number of hydrogen-bond donors (Lipinski definition) is 0. The van der Waals surface area contributed by atoms with Gasteiger partial charge in [-0.05, 0) is 31.0 Å². The fraction of sp³-hybridized carbons (Fsp3) is 0.143. The van der Waals surface area contributed by atoms with Crippen molar-refractivity contribution in [3.05, 3.63) is 106 Å². The zero-order valence-electron chi connectivity index (χ0n) is 14.1. The normalized spacial score (nSPS) is 12.1. The smallest absolute Gasteiger partial charge is 0.215 e. The summed E-state index contributed by atoms with van der Waals surface area (Å²) in [5.74, 6) is 0. The fourth-order valence-corrected chi connectivity index (χ4v) is 5.72. The number of nitro groups is 1. The van der Waals surface area contributed by atoms with Crippen LogP contribution in [0.25, 0.3) is 0 Å². The van der Waals surface area contributed by atoms with Crippen molar-refractivity contribution in [2.24, 2.45) is 0 Å². The molecular formula is C21H20NO2P. The summed E-state index contributed by atoms with van der Waals surface area (Å²) in [4.78, 5) is 11.2. The molecule has 126 valence electrons. The van der Waals surface area contributed by atoms with E-state index in [4.69, 9.17) is 0 Å². The Labute approximate surface area is 149 Å². The molecule has 0 amide bonds. The summed E-state index contributed by atoms with van der Waals surface area (Å²) in [7, 11) is -0.874. The van der Waals surface area contributed by atoms with Crippen molar-refractivity contribution in [3.63, 3.8) is 0 Å². The van der Waals surface area contributed by atoms with E-state index < -0.39 is 7.92 Å². The van der Waals surface area contributed by atoms with Crippen LogP contribution in [0.1, 0.15) is 16.8 Å². The number of hydrogen-bond acceptors (Lipinski definition) is 2. The summed E-state index contributed by atoms with van der Waals surface area (Å²) < 4.78 is 0. The van der Waals surface area contributed by atoms with Gasteiger partial charge >= 0.3 is 0 Å². The van der Waals surface area contributed by atoms with Crippen LogP contribution < -0.4 is 10.6 Å². The third-order valence-corrected chi connectivity index (χ3v) is 6.96. The molecule has 4 heteroatoms. The van der Waals surface area contributed by atoms with Crippen LogP contribution in [0.4, 0.5) is 0 Å². The molecule has 0 saturated carbocycles. The summed E-state index contributed by atoms with van der Waals surface area (Å²) in [5, 5.41) is 13.8. The molecule has 0 aromatic heterocycles. The first-order valence-electron chi connectivity index (χ1n) is 8.23. The molecule has 3 rings (SSSR count). The Kier molecular flexibility index (Phi) is 5.57. The Morgan fingerprint density at radius 3 is 1.76 bits per heavy atom. The van der Waals surface area contributed by atoms with Crippen molar-refractivity contribution < 1.29 is 4.92 Å². The SMILES string of the molecule is Cc1ccc(C(C[N+](=O)[O-])P(c2ccccc2)c2ccccc2)cc1. The van der Waals surface area contributed by atoms with Gasteiger partial charge in [0.05, 0.1) is 5.66 Å². The molecule has 1 unspecified atom stereocenters. The zero-order valence-corrected chi connectivity index (χ0v) is 15.0. The van der Waals surface area contributed by atoms with Gasteiger partial charge in [0.1, 0.15) is 0 Å². The molecule has 3 aromatic carbocycles. The van der Waals surface area contributed by atoms with E-state index in [0.29, 0.717) is 0 Å². The van der Waals surface area contributed by atoms with E-state index in [1.54, 1.807) is 0 Å². The maximum Gasteiger partial charge on any atom is 0.215 e. The lowest BCUT2D eigenvalue weighted by molar-refractivity contribution is -0.479. The summed E-state index contributed by atoms with van der Waals surface area (Å²) >= 11 is 0. The minimum atomic E-state index is -0.874. The quantitative estimate of drug-likeness (QED) is 0.375. The third-order valence-electron chi connectivity index (χ3n) is 4.16. The fourth-order valence-electron chi connectivity index (χ4n) is 2.95. The second-order valence-corrected chi connectivity index (χ2v) is 8.38. The summed E-state index contributed by atoms with van der Waals surface area (Å²) in [5.41, 5.74) is 2.03. The standard InChI is InChI=1S/C21H20NO2P/c1-17-12-14-18(15-13-17)21(16-22(23)24)25(19-8-4-2-5-9-19)20-10-6-3-7-11-20/h2-15,21H,16H2,1H3. The molecule has 25 heavy (non-hydrogen) atoms. The highest BCUT2D eigenvalue weighted by molar-refractivity contribution is 7.73. The molecule has 0 aliphatic carbocycles. The van der Waals surface area contributed by atoms with Crippen LogP contribution in [0.5, 0.6) is 0 Å². The van der Waals surface area contributed by atoms with E-state index in [1.165, 1.54) is 0 Å². The van der Waals surface area contributed by atoms with Crippen LogP contribution in [0.15, 0.2) is 84.9 Å². The molecule has 0 saturated heterocycles. The molecule has 1 atom stereocenters. The van der Waals surface area contributed by atoms with Crippen molar-refractivity contribution in [2.75, 3.05) is 6.54 Å². The van der Waals surface area contributed by atoms with Crippen LogP contribution >= 0.6 is 7.92 Å². The van der Waals surface area contributed by atoms with Crippen molar-refractivity contribution in [1.29, 1.82) is 0 Å². The summed E-state index contributed by atoms with van der Waals surface area (Å²) in [6.45, 7) is 1.96. The van der Waals surface area contributed by atoms with Gasteiger partial charge in [-0.25, -0.2) is 0 Å². The van der Waals surface area contributed by atoms with E-state index >= 15 is 0 Å². The minimum Gasteiger partial charge on any atom is -0.265 e. The van der Waals surface area contributed by atoms with E-state index in [0.717, 1.165) is 21.7 Å². The summed E-state index contributed by atoms with van der Waals surface area (Å²) in [6, 6.07) is 28.5. The molecule has 0 fully saturated rings. The number of rotatable bonds is 6. The van der Waals surface area contributed by atoms with Crippen LogP contribution in [-0.2, 0) is 0 Å². The Hall–Kier alpha value is -2.51. The van der Waals surface area contributed by atoms with Gasteiger partial charge in [0.25, 0.3) is 0 Å². The maximum absolute atomic E-state index is 11.4. The Morgan fingerprint density at radius 1 is 0.840 bits per heavy atom. The highest BCUT2D eigenvalue weighted by Gasteiger charge is 2.30. The Morgan fingerprint density at radius 2 is 1.32 bits per heavy atom. The molecule has 0 N–H and O–H groups in total. The molecule has 3 aromatic rings. The number of benzene rings is 3. The van der Waals surface area contributed by atoms with E-state index in [-0.39, 0.29) is 17.1 Å². The molecule has 0 heterocycles. The van der Waals surface area contributed by atoms with Crippen LogP contribution in [0, 0.1) is 17.0 Å². The molecule has 0 bridgehead atoms. The van der Waals surface area contributed by atoms with Crippen molar-refractivity contribution in [3.8, 4) is 0 Å². The first-order valence-corrected chi connectivity index (χ1v) is 9.64. The minimum absolute atomic E-state index is 0.0709. The van der Waals surface area contributed by atoms with Gasteiger partial charge in [-0.3, -0.25) is 10.1 Å². The molecular weight excluding hydrogens is 329 g/mol. The third kappa shape index (κ3) is 4.32. The van der Waals surface area contributed by atoms with Gasteiger partial charge in [-0.15, -0.1) is 0 Å². The first kappa shape index (κ1) is 17.3. The maximum atomic E-state index is 11.4. The zero-order chi connectivity index (χ0) is 17.6. The predicted octanol–water partition coefficient (Wildman–Crippen LogP) is 4.45. The van der Waals surface area contributed by atoms with Gasteiger partial charge in [0.15, 0.2) is 0 Å². The molecule has 0 spiro atoms. The van der Waals surface area contributed by atoms with Gasteiger partial charge in [0, 0.05) is 4.92 Å². The summed E-state index contributed by atoms with van der Waals surface area (Å²) in [6.07, 6.45) is 0. The van der Waals surface area contributed by atoms with Crippen LogP contribution in [0.3, 0.4) is 0 Å².